The lowest BCUT2D eigenvalue weighted by Gasteiger charge is -2.17. The molecule has 3 N–H and O–H groups in total. The average Bonchev–Trinajstić information content (AvgIpc) is 2.46. The molecule has 0 radical (unpaired) electrons. The Morgan fingerprint density at radius 3 is 2.14 bits per heavy atom. The van der Waals surface area contributed by atoms with E-state index in [1.54, 1.807) is 31.3 Å². The lowest BCUT2D eigenvalue weighted by atomic mass is 9.96. The molecule has 6 nitrogen and oxygen atoms in total. The van der Waals surface area contributed by atoms with Crippen LogP contribution in [0.5, 0.6) is 0 Å². The number of rotatable bonds is 5. The van der Waals surface area contributed by atoms with Gasteiger partial charge < -0.3 is 16.0 Å². The van der Waals surface area contributed by atoms with E-state index in [-0.39, 0.29) is 30.7 Å². The highest BCUT2D eigenvalue weighted by molar-refractivity contribution is 5.95. The van der Waals surface area contributed by atoms with Crippen LogP contribution in [-0.2, 0) is 9.59 Å². The zero-order valence-electron chi connectivity index (χ0n) is 13.4. The predicted molar refractivity (Wildman–Crippen MR) is 85.5 cm³/mol. The Balaban J connectivity index is 2.42. The first kappa shape index (κ1) is 17.7. The fourth-order valence-corrected chi connectivity index (χ4v) is 1.63. The molecule has 1 aromatic rings. The zero-order valence-corrected chi connectivity index (χ0v) is 13.4. The maximum Gasteiger partial charge on any atom is 0.251 e. The molecule has 3 amide bonds. The second kappa shape index (κ2) is 7.59. The summed E-state index contributed by atoms with van der Waals surface area (Å²) in [5.74, 6) is -0.458. The Morgan fingerprint density at radius 1 is 1.05 bits per heavy atom. The molecule has 0 unspecified atom stereocenters. The molecule has 0 atom stereocenters. The number of carbonyl (C=O) groups is 3. The molecule has 0 fully saturated rings. The monoisotopic (exact) mass is 305 g/mol. The van der Waals surface area contributed by atoms with Crippen molar-refractivity contribution in [2.45, 2.75) is 27.2 Å². The molecular weight excluding hydrogens is 282 g/mol. The van der Waals surface area contributed by atoms with Gasteiger partial charge in [0.15, 0.2) is 0 Å². The molecule has 1 aromatic carbocycles. The van der Waals surface area contributed by atoms with Crippen molar-refractivity contribution in [2.75, 3.05) is 18.9 Å². The highest BCUT2D eigenvalue weighted by Gasteiger charge is 2.20. The summed E-state index contributed by atoms with van der Waals surface area (Å²) in [5.41, 5.74) is 0.671. The molecule has 0 heterocycles. The van der Waals surface area contributed by atoms with Gasteiger partial charge in [-0.15, -0.1) is 0 Å². The molecular formula is C16H23N3O3. The van der Waals surface area contributed by atoms with Crippen LogP contribution in [0.25, 0.3) is 0 Å². The summed E-state index contributed by atoms with van der Waals surface area (Å²) in [6.45, 7) is 5.74. The summed E-state index contributed by atoms with van der Waals surface area (Å²) in [4.78, 5) is 34.8. The lowest BCUT2D eigenvalue weighted by Crippen LogP contribution is -2.36. The van der Waals surface area contributed by atoms with Gasteiger partial charge in [0.05, 0.1) is 0 Å². The van der Waals surface area contributed by atoms with Gasteiger partial charge in [0, 0.05) is 36.7 Å². The first-order chi connectivity index (χ1) is 10.2. The predicted octanol–water partition coefficient (Wildman–Crippen LogP) is 1.54. The van der Waals surface area contributed by atoms with E-state index in [9.17, 15) is 14.4 Å². The Hall–Kier alpha value is -2.37. The van der Waals surface area contributed by atoms with Crippen molar-refractivity contribution in [3.63, 3.8) is 0 Å². The highest BCUT2D eigenvalue weighted by Crippen LogP contribution is 2.12. The Kier molecular flexibility index (Phi) is 6.10. The van der Waals surface area contributed by atoms with Gasteiger partial charge in [-0.25, -0.2) is 0 Å². The van der Waals surface area contributed by atoms with Crippen LogP contribution in [-0.4, -0.2) is 31.3 Å². The maximum absolute atomic E-state index is 11.8. The number of carbonyl (C=O) groups excluding carboxylic acids is 3. The first-order valence-electron chi connectivity index (χ1n) is 7.14. The van der Waals surface area contributed by atoms with Crippen molar-refractivity contribution >= 4 is 23.4 Å². The Morgan fingerprint density at radius 2 is 1.64 bits per heavy atom. The standard InChI is InChI=1S/C16H23N3O3/c1-16(2,3)15(22)18-10-9-13(20)19-12-7-5-11(6-8-12)14(21)17-4/h5-8H,9-10H2,1-4H3,(H,17,21)(H,18,22)(H,19,20). The number of benzene rings is 1. The van der Waals surface area contributed by atoms with Crippen LogP contribution in [0.1, 0.15) is 37.6 Å². The molecule has 1 rings (SSSR count). The van der Waals surface area contributed by atoms with E-state index in [1.807, 2.05) is 20.8 Å². The van der Waals surface area contributed by atoms with Crippen LogP contribution in [0.2, 0.25) is 0 Å². The summed E-state index contributed by atoms with van der Waals surface area (Å²) < 4.78 is 0. The Labute approximate surface area is 130 Å². The van der Waals surface area contributed by atoms with E-state index in [0.29, 0.717) is 11.3 Å². The fourth-order valence-electron chi connectivity index (χ4n) is 1.63. The number of nitrogens with one attached hydrogen (secondary N) is 3. The molecule has 0 aliphatic carbocycles. The van der Waals surface area contributed by atoms with Gasteiger partial charge in [-0.05, 0) is 24.3 Å². The van der Waals surface area contributed by atoms with Gasteiger partial charge >= 0.3 is 0 Å². The number of anilines is 1. The smallest absolute Gasteiger partial charge is 0.251 e. The first-order valence-corrected chi connectivity index (χ1v) is 7.14. The van der Waals surface area contributed by atoms with Gasteiger partial charge in [0.25, 0.3) is 5.91 Å². The third-order valence-electron chi connectivity index (χ3n) is 2.98. The van der Waals surface area contributed by atoms with E-state index in [2.05, 4.69) is 16.0 Å². The van der Waals surface area contributed by atoms with Gasteiger partial charge in [0.1, 0.15) is 0 Å². The van der Waals surface area contributed by atoms with Crippen LogP contribution >= 0.6 is 0 Å². The van der Waals surface area contributed by atoms with Crippen molar-refractivity contribution in [1.29, 1.82) is 0 Å². The average molecular weight is 305 g/mol. The minimum Gasteiger partial charge on any atom is -0.355 e. The summed E-state index contributed by atoms with van der Waals surface area (Å²) in [5, 5.41) is 7.96. The molecule has 0 aromatic heterocycles. The minimum absolute atomic E-state index is 0.0877. The molecule has 0 spiro atoms. The van der Waals surface area contributed by atoms with E-state index >= 15 is 0 Å². The van der Waals surface area contributed by atoms with Crippen LogP contribution < -0.4 is 16.0 Å². The van der Waals surface area contributed by atoms with Crippen molar-refractivity contribution in [1.82, 2.24) is 10.6 Å². The summed E-state index contributed by atoms with van der Waals surface area (Å²) >= 11 is 0. The van der Waals surface area contributed by atoms with Crippen molar-refractivity contribution in [3.8, 4) is 0 Å². The quantitative estimate of drug-likeness (QED) is 0.771. The summed E-state index contributed by atoms with van der Waals surface area (Å²) in [7, 11) is 1.56. The van der Waals surface area contributed by atoms with Crippen molar-refractivity contribution < 1.29 is 14.4 Å². The van der Waals surface area contributed by atoms with E-state index < -0.39 is 5.41 Å². The highest BCUT2D eigenvalue weighted by atomic mass is 16.2. The van der Waals surface area contributed by atoms with E-state index in [4.69, 9.17) is 0 Å². The largest absolute Gasteiger partial charge is 0.355 e. The zero-order chi connectivity index (χ0) is 16.8. The molecule has 120 valence electrons. The SMILES string of the molecule is CNC(=O)c1ccc(NC(=O)CCNC(=O)C(C)(C)C)cc1. The van der Waals surface area contributed by atoms with Crippen LogP contribution in [0.15, 0.2) is 24.3 Å². The maximum atomic E-state index is 11.8. The second-order valence-electron chi connectivity index (χ2n) is 5.96. The van der Waals surface area contributed by atoms with Crippen molar-refractivity contribution in [2.24, 2.45) is 5.41 Å². The third-order valence-corrected chi connectivity index (χ3v) is 2.98. The fraction of sp³-hybridized carbons (Fsp3) is 0.438. The molecule has 0 saturated carbocycles. The lowest BCUT2D eigenvalue weighted by molar-refractivity contribution is -0.128. The number of hydrogen-bond acceptors (Lipinski definition) is 3. The number of hydrogen-bond donors (Lipinski definition) is 3. The molecule has 6 heteroatoms. The summed E-state index contributed by atoms with van der Waals surface area (Å²) in [6, 6.07) is 6.60. The Bertz CT molecular complexity index is 545. The third kappa shape index (κ3) is 5.55. The van der Waals surface area contributed by atoms with Crippen LogP contribution in [0, 0.1) is 5.41 Å². The van der Waals surface area contributed by atoms with E-state index in [1.165, 1.54) is 0 Å². The van der Waals surface area contributed by atoms with Gasteiger partial charge in [-0.3, -0.25) is 14.4 Å². The van der Waals surface area contributed by atoms with Gasteiger partial charge in [0.2, 0.25) is 11.8 Å². The topological polar surface area (TPSA) is 87.3 Å². The molecule has 0 saturated heterocycles. The second-order valence-corrected chi connectivity index (χ2v) is 5.96. The summed E-state index contributed by atoms with van der Waals surface area (Å²) in [6.07, 6.45) is 0.193. The normalized spacial score (nSPS) is 10.7. The minimum atomic E-state index is -0.466. The van der Waals surface area contributed by atoms with E-state index in [0.717, 1.165) is 0 Å². The van der Waals surface area contributed by atoms with Crippen molar-refractivity contribution in [3.05, 3.63) is 29.8 Å². The van der Waals surface area contributed by atoms with Gasteiger partial charge in [-0.2, -0.15) is 0 Å². The van der Waals surface area contributed by atoms with Crippen LogP contribution in [0.4, 0.5) is 5.69 Å². The van der Waals surface area contributed by atoms with Crippen LogP contribution in [0.3, 0.4) is 0 Å². The molecule has 0 aliphatic heterocycles. The molecule has 22 heavy (non-hydrogen) atoms. The number of amides is 3. The van der Waals surface area contributed by atoms with Gasteiger partial charge in [-0.1, -0.05) is 20.8 Å². The molecule has 0 bridgehead atoms. The molecule has 0 aliphatic rings.